The van der Waals surface area contributed by atoms with Crippen LogP contribution in [0.1, 0.15) is 18.5 Å². The molecule has 1 N–H and O–H groups in total. The molecule has 94 valence electrons. The summed E-state index contributed by atoms with van der Waals surface area (Å²) in [5.41, 5.74) is 0.564. The molecule has 0 aliphatic carbocycles. The van der Waals surface area contributed by atoms with Crippen molar-refractivity contribution in [2.75, 3.05) is 6.61 Å². The van der Waals surface area contributed by atoms with Crippen LogP contribution in [-0.2, 0) is 9.53 Å². The van der Waals surface area contributed by atoms with Gasteiger partial charge in [0.25, 0.3) is 5.91 Å². The molecule has 0 radical (unpaired) electrons. The highest BCUT2D eigenvalue weighted by molar-refractivity contribution is 6.10. The number of urea groups is 1. The standard InChI is InChI=1S/C12H12N2O4/c1-2-18-12(17)14-9(10(15)13-11(14)16)8-6-4-3-5-7-8/h3-7,9H,2H2,1H3,(H,13,15,16)/t9-/m1/s1. The number of hydrogen-bond donors (Lipinski definition) is 1. The molecule has 0 aromatic heterocycles. The Morgan fingerprint density at radius 3 is 2.61 bits per heavy atom. The first-order valence-electron chi connectivity index (χ1n) is 5.51. The lowest BCUT2D eigenvalue weighted by atomic mass is 10.1. The van der Waals surface area contributed by atoms with E-state index in [0.717, 1.165) is 4.90 Å². The van der Waals surface area contributed by atoms with E-state index in [2.05, 4.69) is 5.32 Å². The van der Waals surface area contributed by atoms with Crippen LogP contribution >= 0.6 is 0 Å². The largest absolute Gasteiger partial charge is 0.449 e. The van der Waals surface area contributed by atoms with E-state index < -0.39 is 24.1 Å². The van der Waals surface area contributed by atoms with Gasteiger partial charge in [0.2, 0.25) is 0 Å². The lowest BCUT2D eigenvalue weighted by Crippen LogP contribution is -2.36. The Bertz CT molecular complexity index is 486. The molecule has 1 heterocycles. The highest BCUT2D eigenvalue weighted by Crippen LogP contribution is 2.26. The van der Waals surface area contributed by atoms with Crippen LogP contribution in [0.5, 0.6) is 0 Å². The molecule has 1 aromatic carbocycles. The van der Waals surface area contributed by atoms with Crippen molar-refractivity contribution in [2.24, 2.45) is 0 Å². The fourth-order valence-corrected chi connectivity index (χ4v) is 1.79. The molecule has 18 heavy (non-hydrogen) atoms. The summed E-state index contributed by atoms with van der Waals surface area (Å²) in [5.74, 6) is -0.528. The molecular weight excluding hydrogens is 236 g/mol. The third kappa shape index (κ3) is 2.04. The van der Waals surface area contributed by atoms with Crippen LogP contribution < -0.4 is 5.32 Å². The minimum atomic E-state index is -0.960. The lowest BCUT2D eigenvalue weighted by Gasteiger charge is -2.19. The van der Waals surface area contributed by atoms with Gasteiger partial charge >= 0.3 is 12.1 Å². The average molecular weight is 248 g/mol. The van der Waals surface area contributed by atoms with Crippen molar-refractivity contribution in [3.8, 4) is 0 Å². The van der Waals surface area contributed by atoms with E-state index in [1.807, 2.05) is 0 Å². The van der Waals surface area contributed by atoms with Crippen molar-refractivity contribution >= 4 is 18.0 Å². The molecule has 4 amide bonds. The van der Waals surface area contributed by atoms with Crippen LogP contribution in [0, 0.1) is 0 Å². The summed E-state index contributed by atoms with van der Waals surface area (Å²) in [5, 5.41) is 2.10. The number of carbonyl (C=O) groups is 3. The molecule has 1 aromatic rings. The summed E-state index contributed by atoms with van der Waals surface area (Å²) >= 11 is 0. The van der Waals surface area contributed by atoms with Gasteiger partial charge in [-0.1, -0.05) is 30.3 Å². The summed E-state index contributed by atoms with van der Waals surface area (Å²) in [6.07, 6.45) is -0.824. The Kier molecular flexibility index (Phi) is 3.27. The zero-order chi connectivity index (χ0) is 13.1. The van der Waals surface area contributed by atoms with Gasteiger partial charge in [-0.3, -0.25) is 10.1 Å². The minimum absolute atomic E-state index is 0.137. The highest BCUT2D eigenvalue weighted by atomic mass is 16.6. The van der Waals surface area contributed by atoms with Crippen LogP contribution in [0.4, 0.5) is 9.59 Å². The SMILES string of the molecule is CCOC(=O)N1C(=O)NC(=O)[C@H]1c1ccccc1. The number of nitrogens with one attached hydrogen (secondary N) is 1. The Hall–Kier alpha value is -2.37. The van der Waals surface area contributed by atoms with Crippen molar-refractivity contribution in [1.82, 2.24) is 10.2 Å². The normalized spacial score (nSPS) is 18.7. The zero-order valence-electron chi connectivity index (χ0n) is 9.75. The van der Waals surface area contributed by atoms with E-state index in [0.29, 0.717) is 5.56 Å². The molecule has 1 fully saturated rings. The van der Waals surface area contributed by atoms with Gasteiger partial charge in [-0.2, -0.15) is 0 Å². The Balaban J connectivity index is 2.34. The minimum Gasteiger partial charge on any atom is -0.449 e. The van der Waals surface area contributed by atoms with Gasteiger partial charge in [0.15, 0.2) is 0 Å². The second-order valence-electron chi connectivity index (χ2n) is 3.68. The second-order valence-corrected chi connectivity index (χ2v) is 3.68. The topological polar surface area (TPSA) is 75.7 Å². The fourth-order valence-electron chi connectivity index (χ4n) is 1.79. The maximum absolute atomic E-state index is 11.7. The molecule has 0 saturated carbocycles. The zero-order valence-corrected chi connectivity index (χ0v) is 9.75. The van der Waals surface area contributed by atoms with Gasteiger partial charge in [0.1, 0.15) is 6.04 Å². The lowest BCUT2D eigenvalue weighted by molar-refractivity contribution is -0.121. The van der Waals surface area contributed by atoms with Crippen LogP contribution in [0.2, 0.25) is 0 Å². The van der Waals surface area contributed by atoms with E-state index in [1.54, 1.807) is 37.3 Å². The number of hydrogen-bond acceptors (Lipinski definition) is 4. The molecule has 1 aliphatic rings. The Morgan fingerprint density at radius 1 is 1.33 bits per heavy atom. The van der Waals surface area contributed by atoms with Crippen molar-refractivity contribution < 1.29 is 19.1 Å². The number of nitrogens with zero attached hydrogens (tertiary/aromatic N) is 1. The van der Waals surface area contributed by atoms with Crippen molar-refractivity contribution in [3.63, 3.8) is 0 Å². The van der Waals surface area contributed by atoms with Crippen molar-refractivity contribution in [1.29, 1.82) is 0 Å². The monoisotopic (exact) mass is 248 g/mol. The molecule has 1 atom stereocenters. The van der Waals surface area contributed by atoms with E-state index in [9.17, 15) is 14.4 Å². The highest BCUT2D eigenvalue weighted by Gasteiger charge is 2.44. The predicted octanol–water partition coefficient (Wildman–Crippen LogP) is 1.44. The third-order valence-corrected chi connectivity index (χ3v) is 2.54. The number of carbonyl (C=O) groups excluding carboxylic acids is 3. The second kappa shape index (κ2) is 4.87. The molecular formula is C12H12N2O4. The van der Waals surface area contributed by atoms with Gasteiger partial charge in [0.05, 0.1) is 6.61 Å². The van der Waals surface area contributed by atoms with E-state index in [-0.39, 0.29) is 6.61 Å². The van der Waals surface area contributed by atoms with Crippen LogP contribution in [0.15, 0.2) is 30.3 Å². The predicted molar refractivity (Wildman–Crippen MR) is 61.6 cm³/mol. The molecule has 0 bridgehead atoms. The van der Waals surface area contributed by atoms with Gasteiger partial charge in [-0.25, -0.2) is 14.5 Å². The molecule has 6 nitrogen and oxygen atoms in total. The van der Waals surface area contributed by atoms with Crippen LogP contribution in [-0.4, -0.2) is 29.5 Å². The van der Waals surface area contributed by atoms with Crippen LogP contribution in [0.25, 0.3) is 0 Å². The Morgan fingerprint density at radius 2 is 2.00 bits per heavy atom. The summed E-state index contributed by atoms with van der Waals surface area (Å²) in [6.45, 7) is 1.77. The molecule has 0 unspecified atom stereocenters. The number of imide groups is 2. The first-order valence-corrected chi connectivity index (χ1v) is 5.51. The van der Waals surface area contributed by atoms with Gasteiger partial charge < -0.3 is 4.74 Å². The first-order chi connectivity index (χ1) is 8.65. The number of amides is 4. The summed E-state index contributed by atoms with van der Waals surface area (Å²) < 4.78 is 4.77. The molecule has 1 aliphatic heterocycles. The molecule has 2 rings (SSSR count). The number of ether oxygens (including phenoxy) is 1. The Labute approximate surface area is 104 Å². The number of benzene rings is 1. The van der Waals surface area contributed by atoms with Crippen molar-refractivity contribution in [2.45, 2.75) is 13.0 Å². The fraction of sp³-hybridized carbons (Fsp3) is 0.250. The summed E-state index contributed by atoms with van der Waals surface area (Å²) in [4.78, 5) is 35.8. The van der Waals surface area contributed by atoms with E-state index >= 15 is 0 Å². The van der Waals surface area contributed by atoms with Gasteiger partial charge in [-0.15, -0.1) is 0 Å². The quantitative estimate of drug-likeness (QED) is 0.803. The third-order valence-electron chi connectivity index (χ3n) is 2.54. The maximum atomic E-state index is 11.7. The van der Waals surface area contributed by atoms with Crippen LogP contribution in [0.3, 0.4) is 0 Å². The average Bonchev–Trinajstić information content (AvgIpc) is 2.65. The summed E-state index contributed by atoms with van der Waals surface area (Å²) in [7, 11) is 0. The first kappa shape index (κ1) is 12.1. The van der Waals surface area contributed by atoms with Gasteiger partial charge in [-0.05, 0) is 12.5 Å². The molecule has 6 heteroatoms. The smallest absolute Gasteiger partial charge is 0.419 e. The summed E-state index contributed by atoms with van der Waals surface area (Å²) in [6, 6.07) is 6.88. The molecule has 0 spiro atoms. The van der Waals surface area contributed by atoms with Gasteiger partial charge in [0, 0.05) is 0 Å². The maximum Gasteiger partial charge on any atom is 0.419 e. The molecule has 1 saturated heterocycles. The van der Waals surface area contributed by atoms with Crippen molar-refractivity contribution in [3.05, 3.63) is 35.9 Å². The van der Waals surface area contributed by atoms with E-state index in [1.165, 1.54) is 0 Å². The van der Waals surface area contributed by atoms with E-state index in [4.69, 9.17) is 4.74 Å². The number of rotatable bonds is 2.